The molecule has 0 spiro atoms. The van der Waals surface area contributed by atoms with Crippen LogP contribution in [0.15, 0.2) is 203 Å². The number of amidine groups is 2. The summed E-state index contributed by atoms with van der Waals surface area (Å²) in [6, 6.07) is 54.0. The first-order chi connectivity index (χ1) is 27.6. The van der Waals surface area contributed by atoms with Gasteiger partial charge in [-0.1, -0.05) is 152 Å². The summed E-state index contributed by atoms with van der Waals surface area (Å²) in [6.07, 6.45) is 7.67. The number of allylic oxidation sites excluding steroid dienone is 3. The zero-order valence-electron chi connectivity index (χ0n) is 31.1. The second-order valence-corrected chi connectivity index (χ2v) is 14.7. The lowest BCUT2D eigenvalue weighted by atomic mass is 9.99. The molecular formula is C51H38N4S. The molecule has 0 unspecified atom stereocenters. The third-order valence-electron chi connectivity index (χ3n) is 10.4. The molecule has 2 heterocycles. The molecular weight excluding hydrogens is 701 g/mol. The fourth-order valence-electron chi connectivity index (χ4n) is 7.60. The Balaban J connectivity index is 1.28. The summed E-state index contributed by atoms with van der Waals surface area (Å²) in [5, 5.41) is 7.34. The van der Waals surface area contributed by atoms with Gasteiger partial charge in [-0.05, 0) is 77.0 Å². The molecule has 9 aromatic rings. The van der Waals surface area contributed by atoms with Crippen LogP contribution in [0.3, 0.4) is 0 Å². The third kappa shape index (κ3) is 6.38. The maximum atomic E-state index is 5.29. The molecule has 4 nitrogen and oxygen atoms in total. The fraction of sp³-hybridized carbons (Fsp3) is 0.0392. The van der Waals surface area contributed by atoms with Crippen molar-refractivity contribution >= 4 is 82.5 Å². The molecule has 2 aromatic heterocycles. The largest absolute Gasteiger partial charge is 0.319 e. The Bertz CT molecular complexity index is 3090. The molecule has 56 heavy (non-hydrogen) atoms. The van der Waals surface area contributed by atoms with Gasteiger partial charge < -0.3 is 4.57 Å². The van der Waals surface area contributed by atoms with Gasteiger partial charge in [-0.25, -0.2) is 15.0 Å². The van der Waals surface area contributed by atoms with Gasteiger partial charge in [0.15, 0.2) is 11.7 Å². The van der Waals surface area contributed by atoms with Crippen molar-refractivity contribution in [3.8, 4) is 22.3 Å². The molecule has 0 bridgehead atoms. The van der Waals surface area contributed by atoms with E-state index in [9.17, 15) is 0 Å². The van der Waals surface area contributed by atoms with Crippen LogP contribution in [-0.4, -0.2) is 23.0 Å². The maximum Gasteiger partial charge on any atom is 0.161 e. The minimum absolute atomic E-state index is 0.343. The molecule has 0 saturated heterocycles. The molecule has 5 heteroatoms. The van der Waals surface area contributed by atoms with Gasteiger partial charge in [0, 0.05) is 37.4 Å². The smallest absolute Gasteiger partial charge is 0.161 e. The van der Waals surface area contributed by atoms with Gasteiger partial charge in [0.1, 0.15) is 6.67 Å². The summed E-state index contributed by atoms with van der Waals surface area (Å²) in [5.41, 5.74) is 8.80. The number of benzene rings is 7. The molecule has 0 aliphatic carbocycles. The van der Waals surface area contributed by atoms with Crippen LogP contribution >= 0.6 is 11.3 Å². The first-order valence-electron chi connectivity index (χ1n) is 18.7. The Morgan fingerprint density at radius 2 is 1.34 bits per heavy atom. The normalized spacial score (nSPS) is 12.8. The van der Waals surface area contributed by atoms with Crippen LogP contribution in [0, 0.1) is 0 Å². The highest BCUT2D eigenvalue weighted by Crippen LogP contribution is 2.43. The number of hydrogen-bond donors (Lipinski definition) is 0. The monoisotopic (exact) mass is 738 g/mol. The Kier molecular flexibility index (Phi) is 9.36. The van der Waals surface area contributed by atoms with E-state index >= 15 is 0 Å². The van der Waals surface area contributed by atoms with E-state index in [0.29, 0.717) is 18.3 Å². The zero-order valence-corrected chi connectivity index (χ0v) is 31.9. The van der Waals surface area contributed by atoms with Crippen molar-refractivity contribution in [2.45, 2.75) is 13.6 Å². The molecule has 0 fully saturated rings. The summed E-state index contributed by atoms with van der Waals surface area (Å²) < 4.78 is 4.85. The minimum Gasteiger partial charge on any atom is -0.319 e. The van der Waals surface area contributed by atoms with Gasteiger partial charge in [-0.15, -0.1) is 11.3 Å². The second-order valence-electron chi connectivity index (χ2n) is 13.7. The van der Waals surface area contributed by atoms with Gasteiger partial charge in [0.05, 0.1) is 15.7 Å². The van der Waals surface area contributed by atoms with Crippen molar-refractivity contribution in [3.63, 3.8) is 0 Å². The van der Waals surface area contributed by atoms with E-state index < -0.39 is 0 Å². The first-order valence-corrected chi connectivity index (χ1v) is 19.5. The summed E-state index contributed by atoms with van der Waals surface area (Å²) in [4.78, 5) is 14.7. The van der Waals surface area contributed by atoms with Crippen LogP contribution in [0.4, 0.5) is 0 Å². The van der Waals surface area contributed by atoms with E-state index in [1.54, 1.807) is 6.08 Å². The standard InChI is InChI=1S/C51H38N4S/c1-4-6-15-34(5-2)51(54-50(52-3)37-19-11-8-12-20-37)53-33-55-46-28-24-41(39-23-22-36-18-13-14-21-38(36)30-39)31-44(46)42-26-27-43-45-32-40(35-16-9-7-10-17-35)25-29-47(45)56-49(43)48(42)55/h4-32H,1,3,33H2,2H3/b15-6-,34-5+,53-51-,54-50?. The van der Waals surface area contributed by atoms with E-state index in [0.717, 1.165) is 22.2 Å². The lowest BCUT2D eigenvalue weighted by molar-refractivity contribution is 0.793. The van der Waals surface area contributed by atoms with E-state index in [2.05, 4.69) is 144 Å². The number of fused-ring (bicyclic) bond motifs is 8. The summed E-state index contributed by atoms with van der Waals surface area (Å²) in [6.45, 7) is 10.1. The minimum atomic E-state index is 0.343. The molecule has 0 radical (unpaired) electrons. The number of thiophene rings is 1. The van der Waals surface area contributed by atoms with Gasteiger partial charge in [0.25, 0.3) is 0 Å². The number of aliphatic imine (C=N–C) groups is 3. The fourth-order valence-corrected chi connectivity index (χ4v) is 8.84. The van der Waals surface area contributed by atoms with Crippen molar-refractivity contribution in [1.82, 2.24) is 4.57 Å². The highest BCUT2D eigenvalue weighted by molar-refractivity contribution is 7.26. The zero-order chi connectivity index (χ0) is 38.0. The van der Waals surface area contributed by atoms with Crippen molar-refractivity contribution in [2.75, 3.05) is 0 Å². The van der Waals surface area contributed by atoms with Crippen molar-refractivity contribution in [1.29, 1.82) is 0 Å². The molecule has 0 aliphatic rings. The average molecular weight is 739 g/mol. The molecule has 0 atom stereocenters. The quantitative estimate of drug-likeness (QED) is 0.0846. The van der Waals surface area contributed by atoms with E-state index in [-0.39, 0.29) is 0 Å². The number of aromatic nitrogens is 1. The van der Waals surface area contributed by atoms with Crippen molar-refractivity contribution in [3.05, 3.63) is 194 Å². The topological polar surface area (TPSA) is 42.0 Å². The highest BCUT2D eigenvalue weighted by atomic mass is 32.1. The lowest BCUT2D eigenvalue weighted by Crippen LogP contribution is -2.07. The number of nitrogens with zero attached hydrogens (tertiary/aromatic N) is 4. The van der Waals surface area contributed by atoms with Crippen LogP contribution in [0.5, 0.6) is 0 Å². The molecule has 0 saturated carbocycles. The molecule has 7 aromatic carbocycles. The van der Waals surface area contributed by atoms with Crippen LogP contribution < -0.4 is 0 Å². The number of rotatable bonds is 8. The Hall–Kier alpha value is -6.95. The molecule has 0 amide bonds. The molecule has 0 N–H and O–H groups in total. The Morgan fingerprint density at radius 3 is 2.12 bits per heavy atom. The number of hydrogen-bond acceptors (Lipinski definition) is 2. The van der Waals surface area contributed by atoms with Crippen LogP contribution in [-0.2, 0) is 6.67 Å². The first kappa shape index (κ1) is 34.8. The molecule has 268 valence electrons. The third-order valence-corrected chi connectivity index (χ3v) is 11.6. The van der Waals surface area contributed by atoms with Crippen LogP contribution in [0.2, 0.25) is 0 Å². The predicted octanol–water partition coefficient (Wildman–Crippen LogP) is 13.8. The summed E-state index contributed by atoms with van der Waals surface area (Å²) >= 11 is 1.84. The van der Waals surface area contributed by atoms with Gasteiger partial charge >= 0.3 is 0 Å². The lowest BCUT2D eigenvalue weighted by Gasteiger charge is -2.09. The SMILES string of the molecule is C=C\C=C/C(=C\C)C(/N=C(N=C)c1ccccc1)=N/Cn1c2ccc(-c3ccc4ccccc4c3)cc2c2ccc3c4cc(-c5ccccc5)ccc4sc3c21. The predicted molar refractivity (Wildman–Crippen MR) is 244 cm³/mol. The molecule has 9 rings (SSSR count). The molecule has 0 aliphatic heterocycles. The van der Waals surface area contributed by atoms with Gasteiger partial charge in [-0.2, -0.15) is 0 Å². The Morgan fingerprint density at radius 1 is 0.661 bits per heavy atom. The maximum absolute atomic E-state index is 5.29. The van der Waals surface area contributed by atoms with Gasteiger partial charge in [0.2, 0.25) is 0 Å². The van der Waals surface area contributed by atoms with E-state index in [1.165, 1.54) is 64.0 Å². The average Bonchev–Trinajstić information content (AvgIpc) is 3.79. The van der Waals surface area contributed by atoms with Crippen molar-refractivity contribution < 1.29 is 0 Å². The Labute approximate surface area is 330 Å². The van der Waals surface area contributed by atoms with Gasteiger partial charge in [-0.3, -0.25) is 0 Å². The van der Waals surface area contributed by atoms with E-state index in [4.69, 9.17) is 9.98 Å². The van der Waals surface area contributed by atoms with Crippen LogP contribution in [0.25, 0.3) is 75.0 Å². The highest BCUT2D eigenvalue weighted by Gasteiger charge is 2.19. The van der Waals surface area contributed by atoms with E-state index in [1.807, 2.05) is 66.8 Å². The van der Waals surface area contributed by atoms with Crippen molar-refractivity contribution in [2.24, 2.45) is 15.0 Å². The second kappa shape index (κ2) is 15.1. The summed E-state index contributed by atoms with van der Waals surface area (Å²) in [7, 11) is 0. The summed E-state index contributed by atoms with van der Waals surface area (Å²) in [5.74, 6) is 1.08. The van der Waals surface area contributed by atoms with Crippen LogP contribution in [0.1, 0.15) is 12.5 Å².